The first-order valence-electron chi connectivity index (χ1n) is 7.84. The van der Waals surface area contributed by atoms with Crippen LogP contribution in [0.2, 0.25) is 0 Å². The maximum Gasteiger partial charge on any atom is 0.339 e. The smallest absolute Gasteiger partial charge is 0.339 e. The number of anilines is 1. The largest absolute Gasteiger partial charge is 0.465 e. The molecule has 24 heavy (non-hydrogen) atoms. The third-order valence-electron chi connectivity index (χ3n) is 3.56. The standard InChI is InChI=1S/C17H26N2O4S/c1-5-6-7-8-9-12-18-14-10-11-15(17(20)23-4)16(13-14)24(21,22)19(2)3/h5,10-11,13,18H,1,6-9,12H2,2-4H3. The maximum atomic E-state index is 12.5. The Hall–Kier alpha value is -1.86. The highest BCUT2D eigenvalue weighted by Crippen LogP contribution is 2.24. The topological polar surface area (TPSA) is 75.7 Å². The normalized spacial score (nSPS) is 11.3. The molecular formula is C17H26N2O4S. The van der Waals surface area contributed by atoms with Crippen LogP contribution in [-0.4, -0.2) is 46.4 Å². The highest BCUT2D eigenvalue weighted by molar-refractivity contribution is 7.89. The van der Waals surface area contributed by atoms with E-state index >= 15 is 0 Å². The van der Waals surface area contributed by atoms with Gasteiger partial charge in [-0.15, -0.1) is 6.58 Å². The molecule has 1 aromatic rings. The molecular weight excluding hydrogens is 328 g/mol. The molecule has 134 valence electrons. The van der Waals surface area contributed by atoms with Crippen LogP contribution < -0.4 is 5.32 Å². The summed E-state index contributed by atoms with van der Waals surface area (Å²) in [7, 11) is 0.333. The van der Waals surface area contributed by atoms with Crippen molar-refractivity contribution in [3.05, 3.63) is 36.4 Å². The predicted molar refractivity (Wildman–Crippen MR) is 95.8 cm³/mol. The molecule has 0 bridgehead atoms. The van der Waals surface area contributed by atoms with Crippen molar-refractivity contribution in [2.45, 2.75) is 30.6 Å². The van der Waals surface area contributed by atoms with Gasteiger partial charge in [-0.05, 0) is 37.5 Å². The summed E-state index contributed by atoms with van der Waals surface area (Å²) in [6.45, 7) is 4.42. The van der Waals surface area contributed by atoms with E-state index in [-0.39, 0.29) is 10.5 Å². The van der Waals surface area contributed by atoms with Gasteiger partial charge in [0.25, 0.3) is 0 Å². The minimum atomic E-state index is -3.75. The van der Waals surface area contributed by atoms with E-state index in [1.807, 2.05) is 6.08 Å². The van der Waals surface area contributed by atoms with Crippen molar-refractivity contribution >= 4 is 21.7 Å². The van der Waals surface area contributed by atoms with Gasteiger partial charge in [-0.25, -0.2) is 17.5 Å². The molecule has 7 heteroatoms. The number of unbranched alkanes of at least 4 members (excludes halogenated alkanes) is 3. The Labute approximate surface area is 144 Å². The molecule has 0 unspecified atom stereocenters. The van der Waals surface area contributed by atoms with Crippen LogP contribution in [0.3, 0.4) is 0 Å². The van der Waals surface area contributed by atoms with Crippen LogP contribution in [0.5, 0.6) is 0 Å². The Morgan fingerprint density at radius 3 is 2.58 bits per heavy atom. The summed E-state index contributed by atoms with van der Waals surface area (Å²) in [5, 5.41) is 3.20. The van der Waals surface area contributed by atoms with Crippen LogP contribution >= 0.6 is 0 Å². The number of esters is 1. The minimum absolute atomic E-state index is 0.0303. The fourth-order valence-corrected chi connectivity index (χ4v) is 3.24. The monoisotopic (exact) mass is 354 g/mol. The Balaban J connectivity index is 2.94. The number of methoxy groups -OCH3 is 1. The number of carbonyl (C=O) groups is 1. The van der Waals surface area contributed by atoms with Crippen molar-refractivity contribution in [1.29, 1.82) is 0 Å². The lowest BCUT2D eigenvalue weighted by atomic mass is 10.2. The van der Waals surface area contributed by atoms with Crippen molar-refractivity contribution < 1.29 is 17.9 Å². The number of hydrogen-bond donors (Lipinski definition) is 1. The number of nitrogens with one attached hydrogen (secondary N) is 1. The highest BCUT2D eigenvalue weighted by Gasteiger charge is 2.25. The van der Waals surface area contributed by atoms with E-state index in [1.165, 1.54) is 33.3 Å². The Kier molecular flexibility index (Phi) is 7.94. The Bertz CT molecular complexity index is 669. The van der Waals surface area contributed by atoms with Gasteiger partial charge < -0.3 is 10.1 Å². The average molecular weight is 354 g/mol. The van der Waals surface area contributed by atoms with Gasteiger partial charge in [0.15, 0.2) is 0 Å². The molecule has 0 amide bonds. The van der Waals surface area contributed by atoms with Gasteiger partial charge in [0, 0.05) is 26.3 Å². The SMILES string of the molecule is C=CCCCCCNc1ccc(C(=O)OC)c(S(=O)(=O)N(C)C)c1. The highest BCUT2D eigenvalue weighted by atomic mass is 32.2. The average Bonchev–Trinajstić information content (AvgIpc) is 2.57. The van der Waals surface area contributed by atoms with Gasteiger partial charge >= 0.3 is 5.97 Å². The molecule has 0 aromatic heterocycles. The van der Waals surface area contributed by atoms with E-state index in [0.29, 0.717) is 5.69 Å². The maximum absolute atomic E-state index is 12.5. The van der Waals surface area contributed by atoms with Gasteiger partial charge in [-0.3, -0.25) is 0 Å². The lowest BCUT2D eigenvalue weighted by Crippen LogP contribution is -2.24. The van der Waals surface area contributed by atoms with Crippen molar-refractivity contribution in [2.75, 3.05) is 33.1 Å². The summed E-state index contributed by atoms with van der Waals surface area (Å²) in [5.41, 5.74) is 0.689. The van der Waals surface area contributed by atoms with Gasteiger partial charge in [0.05, 0.1) is 17.6 Å². The molecule has 0 atom stereocenters. The molecule has 1 rings (SSSR count). The van der Waals surface area contributed by atoms with Crippen LogP contribution in [0.15, 0.2) is 35.7 Å². The van der Waals surface area contributed by atoms with E-state index < -0.39 is 16.0 Å². The first-order valence-corrected chi connectivity index (χ1v) is 9.28. The van der Waals surface area contributed by atoms with E-state index in [4.69, 9.17) is 0 Å². The first-order chi connectivity index (χ1) is 11.3. The molecule has 0 spiro atoms. The van der Waals surface area contributed by atoms with Gasteiger partial charge in [0.2, 0.25) is 10.0 Å². The molecule has 1 aromatic carbocycles. The van der Waals surface area contributed by atoms with Gasteiger partial charge in [-0.1, -0.05) is 12.5 Å². The number of rotatable bonds is 10. The molecule has 0 aliphatic heterocycles. The van der Waals surface area contributed by atoms with Crippen molar-refractivity contribution in [2.24, 2.45) is 0 Å². The molecule has 0 aliphatic rings. The summed E-state index contributed by atoms with van der Waals surface area (Å²) in [4.78, 5) is 11.8. The summed E-state index contributed by atoms with van der Waals surface area (Å²) in [5.74, 6) is -0.675. The van der Waals surface area contributed by atoms with Crippen molar-refractivity contribution in [3.63, 3.8) is 0 Å². The summed E-state index contributed by atoms with van der Waals surface area (Å²) >= 11 is 0. The van der Waals surface area contributed by atoms with Crippen LogP contribution in [-0.2, 0) is 14.8 Å². The van der Waals surface area contributed by atoms with Crippen LogP contribution in [0.4, 0.5) is 5.69 Å². The number of hydrogen-bond acceptors (Lipinski definition) is 5. The van der Waals surface area contributed by atoms with Crippen molar-refractivity contribution in [1.82, 2.24) is 4.31 Å². The zero-order valence-corrected chi connectivity index (χ0v) is 15.4. The molecule has 6 nitrogen and oxygen atoms in total. The van der Waals surface area contributed by atoms with E-state index in [0.717, 1.165) is 36.5 Å². The number of carbonyl (C=O) groups excluding carboxylic acids is 1. The fourth-order valence-electron chi connectivity index (χ4n) is 2.14. The van der Waals surface area contributed by atoms with E-state index in [2.05, 4.69) is 16.6 Å². The molecule has 0 fully saturated rings. The fraction of sp³-hybridized carbons (Fsp3) is 0.471. The van der Waals surface area contributed by atoms with Gasteiger partial charge in [-0.2, -0.15) is 0 Å². The molecule has 0 heterocycles. The predicted octanol–water partition coefficient (Wildman–Crippen LogP) is 2.88. The third-order valence-corrected chi connectivity index (χ3v) is 5.41. The second-order valence-corrected chi connectivity index (χ2v) is 7.67. The summed E-state index contributed by atoms with van der Waals surface area (Å²) in [6, 6.07) is 4.64. The second-order valence-electron chi connectivity index (χ2n) is 5.55. The minimum Gasteiger partial charge on any atom is -0.465 e. The lowest BCUT2D eigenvalue weighted by molar-refractivity contribution is 0.0596. The first kappa shape index (κ1) is 20.2. The summed E-state index contributed by atoms with van der Waals surface area (Å²) in [6.07, 6.45) is 6.04. The quantitative estimate of drug-likeness (QED) is 0.397. The zero-order valence-electron chi connectivity index (χ0n) is 14.5. The Morgan fingerprint density at radius 1 is 1.29 bits per heavy atom. The second kappa shape index (κ2) is 9.44. The third kappa shape index (κ3) is 5.35. The molecule has 0 aliphatic carbocycles. The van der Waals surface area contributed by atoms with Crippen LogP contribution in [0.1, 0.15) is 36.0 Å². The molecule has 0 saturated carbocycles. The number of allylic oxidation sites excluding steroid dienone is 1. The molecule has 0 saturated heterocycles. The molecule has 1 N–H and O–H groups in total. The van der Waals surface area contributed by atoms with E-state index in [9.17, 15) is 13.2 Å². The molecule has 0 radical (unpaired) electrons. The zero-order chi connectivity index (χ0) is 18.2. The van der Waals surface area contributed by atoms with E-state index in [1.54, 1.807) is 6.07 Å². The lowest BCUT2D eigenvalue weighted by Gasteiger charge is -2.16. The number of sulfonamides is 1. The number of nitrogens with zero attached hydrogens (tertiary/aromatic N) is 1. The van der Waals surface area contributed by atoms with Gasteiger partial charge in [0.1, 0.15) is 0 Å². The van der Waals surface area contributed by atoms with Crippen LogP contribution in [0, 0.1) is 0 Å². The van der Waals surface area contributed by atoms with Crippen LogP contribution in [0.25, 0.3) is 0 Å². The number of ether oxygens (including phenoxy) is 1. The van der Waals surface area contributed by atoms with Crippen molar-refractivity contribution in [3.8, 4) is 0 Å². The number of benzene rings is 1. The summed E-state index contributed by atoms with van der Waals surface area (Å²) < 4.78 is 30.7. The Morgan fingerprint density at radius 2 is 2.00 bits per heavy atom.